The largest absolute Gasteiger partial charge is 0.345 e. The molecule has 2 aliphatic rings. The van der Waals surface area contributed by atoms with Gasteiger partial charge in [-0.15, -0.1) is 12.4 Å². The molecule has 1 N–H and O–H groups in total. The maximum Gasteiger partial charge on any atom is 0.256 e. The van der Waals surface area contributed by atoms with Gasteiger partial charge in [-0.3, -0.25) is 9.78 Å². The molecule has 3 heterocycles. The average molecular weight is 403 g/mol. The fourth-order valence-electron chi connectivity index (χ4n) is 4.87. The fraction of sp³-hybridized carbons (Fsp3) is 0.545. The van der Waals surface area contributed by atoms with E-state index in [1.54, 1.807) is 6.20 Å². The zero-order valence-corrected chi connectivity index (χ0v) is 17.7. The second-order valence-corrected chi connectivity index (χ2v) is 7.95. The van der Waals surface area contributed by atoms with Gasteiger partial charge in [-0.25, -0.2) is 0 Å². The number of nitrogens with one attached hydrogen (secondary N) is 1. The first-order valence-corrected chi connectivity index (χ1v) is 10.3. The Morgan fingerprint density at radius 3 is 2.71 bits per heavy atom. The Balaban J connectivity index is 0.00000225. The van der Waals surface area contributed by atoms with Crippen LogP contribution in [0.3, 0.4) is 0 Å². The van der Waals surface area contributed by atoms with Gasteiger partial charge >= 0.3 is 0 Å². The number of pyridine rings is 1. The minimum atomic E-state index is 0. The van der Waals surface area contributed by atoms with Crippen molar-refractivity contribution in [3.8, 4) is 0 Å². The third-order valence-electron chi connectivity index (χ3n) is 6.23. The van der Waals surface area contributed by atoms with Gasteiger partial charge in [0.25, 0.3) is 5.91 Å². The second kappa shape index (κ2) is 9.10. The van der Waals surface area contributed by atoms with Crippen molar-refractivity contribution in [3.63, 3.8) is 0 Å². The number of amides is 1. The molecule has 5 nitrogen and oxygen atoms in total. The number of nitrogens with zero attached hydrogens (tertiary/aromatic N) is 3. The van der Waals surface area contributed by atoms with Crippen LogP contribution in [0.5, 0.6) is 0 Å². The summed E-state index contributed by atoms with van der Waals surface area (Å²) in [6, 6.07) is 6.71. The summed E-state index contributed by atoms with van der Waals surface area (Å²) in [4.78, 5) is 19.8. The van der Waals surface area contributed by atoms with Gasteiger partial charge in [0.1, 0.15) is 0 Å². The lowest BCUT2D eigenvalue weighted by Gasteiger charge is -2.36. The lowest BCUT2D eigenvalue weighted by atomic mass is 9.95. The monoisotopic (exact) mass is 402 g/mol. The molecular formula is C22H31ClN4O. The number of aromatic nitrogens is 2. The third kappa shape index (κ3) is 3.96. The summed E-state index contributed by atoms with van der Waals surface area (Å²) in [7, 11) is 0. The van der Waals surface area contributed by atoms with Crippen LogP contribution in [0.25, 0.3) is 0 Å². The number of piperazine rings is 1. The first-order valence-electron chi connectivity index (χ1n) is 10.3. The molecular weight excluding hydrogens is 372 g/mol. The Morgan fingerprint density at radius 2 is 2.00 bits per heavy atom. The molecule has 2 aromatic rings. The molecule has 1 saturated heterocycles. The van der Waals surface area contributed by atoms with Crippen molar-refractivity contribution in [1.82, 2.24) is 19.8 Å². The molecule has 1 saturated carbocycles. The van der Waals surface area contributed by atoms with Crippen LogP contribution in [0.15, 0.2) is 30.6 Å². The molecule has 1 aliphatic carbocycles. The number of hydrogen-bond donors (Lipinski definition) is 1. The molecule has 1 atom stereocenters. The number of carbonyl (C=O) groups is 1. The van der Waals surface area contributed by atoms with Gasteiger partial charge in [0.2, 0.25) is 0 Å². The number of halogens is 1. The summed E-state index contributed by atoms with van der Waals surface area (Å²) in [5, 5.41) is 3.43. The Kier molecular flexibility index (Phi) is 6.78. The Morgan fingerprint density at radius 1 is 1.21 bits per heavy atom. The van der Waals surface area contributed by atoms with Crippen LogP contribution in [0.2, 0.25) is 0 Å². The highest BCUT2D eigenvalue weighted by Crippen LogP contribution is 2.33. The number of hydrogen-bond acceptors (Lipinski definition) is 3. The minimum absolute atomic E-state index is 0. The standard InChI is InChI=1S/C22H30N4O.ClH/c1-16-13-20(17(2)26(16)19-8-4-3-5-9-19)22(27)25-12-11-24-15-21(25)18-7-6-10-23-14-18;/h6-7,10,13-14,19,21,24H,3-5,8-9,11-12,15H2,1-2H3;1H. The lowest BCUT2D eigenvalue weighted by Crippen LogP contribution is -2.48. The number of aryl methyl sites for hydroxylation is 1. The topological polar surface area (TPSA) is 50.2 Å². The maximum atomic E-state index is 13.5. The van der Waals surface area contributed by atoms with Crippen molar-refractivity contribution in [3.05, 3.63) is 53.1 Å². The molecule has 1 aliphatic heterocycles. The predicted octanol–water partition coefficient (Wildman–Crippen LogP) is 4.21. The van der Waals surface area contributed by atoms with Crippen molar-refractivity contribution in [2.75, 3.05) is 19.6 Å². The summed E-state index contributed by atoms with van der Waals surface area (Å²) in [5.74, 6) is 0.153. The molecule has 2 aromatic heterocycles. The van der Waals surface area contributed by atoms with Crippen LogP contribution in [0.1, 0.15) is 71.5 Å². The molecule has 0 aromatic carbocycles. The van der Waals surface area contributed by atoms with E-state index in [-0.39, 0.29) is 24.4 Å². The second-order valence-electron chi connectivity index (χ2n) is 7.95. The Labute approximate surface area is 173 Å². The Bertz CT molecular complexity index is 798. The minimum Gasteiger partial charge on any atom is -0.345 e. The molecule has 2 fully saturated rings. The molecule has 4 rings (SSSR count). The summed E-state index contributed by atoms with van der Waals surface area (Å²) in [5.41, 5.74) is 4.32. The van der Waals surface area contributed by atoms with E-state index in [9.17, 15) is 4.79 Å². The zero-order chi connectivity index (χ0) is 18.8. The van der Waals surface area contributed by atoms with E-state index in [0.29, 0.717) is 6.04 Å². The SMILES string of the molecule is Cc1cc(C(=O)N2CCNCC2c2cccnc2)c(C)n1C1CCCCC1.Cl. The predicted molar refractivity (Wildman–Crippen MR) is 114 cm³/mol. The third-order valence-corrected chi connectivity index (χ3v) is 6.23. The highest BCUT2D eigenvalue weighted by Gasteiger charge is 2.31. The van der Waals surface area contributed by atoms with E-state index in [4.69, 9.17) is 0 Å². The van der Waals surface area contributed by atoms with Gasteiger partial charge in [0.15, 0.2) is 0 Å². The van der Waals surface area contributed by atoms with E-state index in [1.165, 1.54) is 37.8 Å². The van der Waals surface area contributed by atoms with Crippen LogP contribution < -0.4 is 5.32 Å². The van der Waals surface area contributed by atoms with E-state index in [2.05, 4.69) is 40.8 Å². The normalized spacial score (nSPS) is 20.6. The molecule has 0 radical (unpaired) electrons. The smallest absolute Gasteiger partial charge is 0.256 e. The van der Waals surface area contributed by atoms with Crippen LogP contribution in [0, 0.1) is 13.8 Å². The van der Waals surface area contributed by atoms with Crippen molar-refractivity contribution < 1.29 is 4.79 Å². The van der Waals surface area contributed by atoms with Crippen molar-refractivity contribution >= 4 is 18.3 Å². The molecule has 28 heavy (non-hydrogen) atoms. The van der Waals surface area contributed by atoms with Crippen LogP contribution in [0.4, 0.5) is 0 Å². The van der Waals surface area contributed by atoms with Crippen molar-refractivity contribution in [1.29, 1.82) is 0 Å². The molecule has 0 spiro atoms. The fourth-order valence-corrected chi connectivity index (χ4v) is 4.87. The number of rotatable bonds is 3. The molecule has 152 valence electrons. The van der Waals surface area contributed by atoms with Crippen molar-refractivity contribution in [2.45, 2.75) is 58.0 Å². The zero-order valence-electron chi connectivity index (χ0n) is 16.9. The van der Waals surface area contributed by atoms with E-state index in [0.717, 1.165) is 36.5 Å². The highest BCUT2D eigenvalue weighted by atomic mass is 35.5. The lowest BCUT2D eigenvalue weighted by molar-refractivity contribution is 0.0633. The van der Waals surface area contributed by atoms with Gasteiger partial charge in [-0.05, 0) is 44.4 Å². The molecule has 1 unspecified atom stereocenters. The Hall–Kier alpha value is -1.85. The van der Waals surface area contributed by atoms with Gasteiger partial charge < -0.3 is 14.8 Å². The van der Waals surface area contributed by atoms with Gasteiger partial charge in [0.05, 0.1) is 11.6 Å². The average Bonchev–Trinajstić information content (AvgIpc) is 3.03. The van der Waals surface area contributed by atoms with Gasteiger partial charge in [-0.1, -0.05) is 25.3 Å². The summed E-state index contributed by atoms with van der Waals surface area (Å²) in [6.07, 6.45) is 10.1. The van der Waals surface area contributed by atoms with E-state index >= 15 is 0 Å². The molecule has 1 amide bonds. The van der Waals surface area contributed by atoms with Gasteiger partial charge in [-0.2, -0.15) is 0 Å². The van der Waals surface area contributed by atoms with E-state index in [1.807, 2.05) is 17.2 Å². The van der Waals surface area contributed by atoms with Crippen molar-refractivity contribution in [2.24, 2.45) is 0 Å². The summed E-state index contributed by atoms with van der Waals surface area (Å²) in [6.45, 7) is 6.61. The highest BCUT2D eigenvalue weighted by molar-refractivity contribution is 5.96. The van der Waals surface area contributed by atoms with Crippen LogP contribution in [-0.2, 0) is 0 Å². The van der Waals surface area contributed by atoms with Crippen LogP contribution >= 0.6 is 12.4 Å². The van der Waals surface area contributed by atoms with Crippen LogP contribution in [-0.4, -0.2) is 40.0 Å². The first kappa shape index (κ1) is 20.9. The first-order chi connectivity index (χ1) is 13.2. The molecule has 0 bridgehead atoms. The summed E-state index contributed by atoms with van der Waals surface area (Å²) < 4.78 is 2.42. The quantitative estimate of drug-likeness (QED) is 0.836. The van der Waals surface area contributed by atoms with Gasteiger partial charge in [0, 0.05) is 49.5 Å². The van der Waals surface area contributed by atoms with E-state index < -0.39 is 0 Å². The maximum absolute atomic E-state index is 13.5. The number of carbonyl (C=O) groups excluding carboxylic acids is 1. The molecule has 6 heteroatoms. The summed E-state index contributed by atoms with van der Waals surface area (Å²) >= 11 is 0.